The van der Waals surface area contributed by atoms with E-state index in [0.29, 0.717) is 24.7 Å². The summed E-state index contributed by atoms with van der Waals surface area (Å²) >= 11 is 0. The average Bonchev–Trinajstić information content (AvgIpc) is 2.80. The van der Waals surface area contributed by atoms with Crippen molar-refractivity contribution in [3.63, 3.8) is 0 Å². The fraction of sp³-hybridized carbons (Fsp3) is 0.167. The van der Waals surface area contributed by atoms with Gasteiger partial charge in [0.1, 0.15) is 0 Å². The van der Waals surface area contributed by atoms with Crippen molar-refractivity contribution in [3.05, 3.63) is 78.2 Å². The molecule has 7 nitrogen and oxygen atoms in total. The van der Waals surface area contributed by atoms with Gasteiger partial charge in [-0.25, -0.2) is 9.97 Å². The van der Waals surface area contributed by atoms with Crippen molar-refractivity contribution in [3.8, 4) is 11.1 Å². The van der Waals surface area contributed by atoms with Crippen LogP contribution in [0.25, 0.3) is 22.0 Å². The first-order valence-corrected chi connectivity index (χ1v) is 9.96. The second-order valence-corrected chi connectivity index (χ2v) is 7.11. The zero-order valence-corrected chi connectivity index (χ0v) is 17.4. The molecular formula is C24H23N5O2. The van der Waals surface area contributed by atoms with Crippen LogP contribution in [-0.2, 0) is 4.74 Å². The van der Waals surface area contributed by atoms with Gasteiger partial charge in [-0.2, -0.15) is 0 Å². The zero-order chi connectivity index (χ0) is 21.6. The number of ether oxygens (including phenoxy) is 1. The maximum atomic E-state index is 12.1. The van der Waals surface area contributed by atoms with Gasteiger partial charge >= 0.3 is 0 Å². The molecule has 2 aromatic carbocycles. The van der Waals surface area contributed by atoms with E-state index in [1.54, 1.807) is 31.6 Å². The van der Waals surface area contributed by atoms with Crippen LogP contribution in [0, 0.1) is 6.92 Å². The number of amides is 1. The second kappa shape index (κ2) is 9.32. The predicted octanol–water partition coefficient (Wildman–Crippen LogP) is 4.12. The van der Waals surface area contributed by atoms with E-state index in [1.165, 1.54) is 5.56 Å². The smallest absolute Gasteiger partial charge is 0.251 e. The molecule has 1 amide bonds. The van der Waals surface area contributed by atoms with Crippen LogP contribution in [0.1, 0.15) is 15.9 Å². The third-order valence-electron chi connectivity index (χ3n) is 4.92. The Morgan fingerprint density at radius 2 is 1.90 bits per heavy atom. The molecule has 2 N–H and O–H groups in total. The number of rotatable bonds is 7. The van der Waals surface area contributed by atoms with Crippen LogP contribution < -0.4 is 10.6 Å². The number of aromatic nitrogens is 3. The highest BCUT2D eigenvalue weighted by Crippen LogP contribution is 2.26. The molecule has 0 fully saturated rings. The fourth-order valence-electron chi connectivity index (χ4n) is 3.23. The van der Waals surface area contributed by atoms with Crippen LogP contribution >= 0.6 is 0 Å². The molecule has 0 spiro atoms. The number of nitrogens with zero attached hydrogens (tertiary/aromatic N) is 3. The van der Waals surface area contributed by atoms with E-state index in [1.807, 2.05) is 36.5 Å². The van der Waals surface area contributed by atoms with Gasteiger partial charge in [0.25, 0.3) is 5.91 Å². The third kappa shape index (κ3) is 4.84. The number of nitrogens with one attached hydrogen (secondary N) is 2. The maximum Gasteiger partial charge on any atom is 0.251 e. The number of aryl methyl sites for hydroxylation is 1. The summed E-state index contributed by atoms with van der Waals surface area (Å²) in [6.07, 6.45) is 5.47. The van der Waals surface area contributed by atoms with E-state index >= 15 is 0 Å². The molecule has 31 heavy (non-hydrogen) atoms. The minimum Gasteiger partial charge on any atom is -0.383 e. The number of anilines is 2. The molecule has 0 unspecified atom stereocenters. The number of fused-ring (bicyclic) bond motifs is 1. The van der Waals surface area contributed by atoms with Gasteiger partial charge in [0.05, 0.1) is 12.1 Å². The normalized spacial score (nSPS) is 10.8. The highest BCUT2D eigenvalue weighted by molar-refractivity contribution is 5.94. The Kier molecular flexibility index (Phi) is 6.14. The number of carbonyl (C=O) groups is 1. The SMILES string of the molecule is COCCNC(=O)c1ccc(Nc2ncc3cc(-c4cnccc4C)ccc3n2)cc1. The standard InChI is InChI=1S/C24H23N5O2/c1-16-9-10-25-15-21(16)18-5-8-22-19(13-18)14-27-24(29-22)28-20-6-3-17(4-7-20)23(30)26-11-12-31-2/h3-10,13-15H,11-12H2,1-2H3,(H,26,30)(H,27,28,29). The molecule has 2 aromatic heterocycles. The first-order chi connectivity index (χ1) is 15.1. The number of carbonyl (C=O) groups excluding carboxylic acids is 1. The lowest BCUT2D eigenvalue weighted by atomic mass is 10.0. The Labute approximate surface area is 180 Å². The average molecular weight is 413 g/mol. The van der Waals surface area contributed by atoms with Crippen molar-refractivity contribution >= 4 is 28.4 Å². The molecule has 0 aliphatic rings. The Morgan fingerprint density at radius 3 is 2.68 bits per heavy atom. The molecule has 0 radical (unpaired) electrons. The predicted molar refractivity (Wildman–Crippen MR) is 121 cm³/mol. The summed E-state index contributed by atoms with van der Waals surface area (Å²) in [5.74, 6) is 0.361. The fourth-order valence-corrected chi connectivity index (χ4v) is 3.23. The van der Waals surface area contributed by atoms with E-state index in [2.05, 4.69) is 38.6 Å². The van der Waals surface area contributed by atoms with Crippen molar-refractivity contribution in [2.75, 3.05) is 25.6 Å². The van der Waals surface area contributed by atoms with Crippen molar-refractivity contribution < 1.29 is 9.53 Å². The summed E-state index contributed by atoms with van der Waals surface area (Å²) in [7, 11) is 1.60. The van der Waals surface area contributed by atoms with E-state index < -0.39 is 0 Å². The molecule has 0 atom stereocenters. The maximum absolute atomic E-state index is 12.1. The topological polar surface area (TPSA) is 89.0 Å². The van der Waals surface area contributed by atoms with Gasteiger partial charge in [0.15, 0.2) is 0 Å². The molecule has 0 aliphatic carbocycles. The molecule has 0 aliphatic heterocycles. The lowest BCUT2D eigenvalue weighted by molar-refractivity contribution is 0.0937. The van der Waals surface area contributed by atoms with Gasteiger partial charge in [0.2, 0.25) is 5.95 Å². The Hall–Kier alpha value is -3.84. The molecule has 0 saturated heterocycles. The van der Waals surface area contributed by atoms with Crippen molar-refractivity contribution in [1.82, 2.24) is 20.3 Å². The van der Waals surface area contributed by atoms with Gasteiger partial charge in [-0.05, 0) is 60.5 Å². The van der Waals surface area contributed by atoms with Crippen LogP contribution in [0.3, 0.4) is 0 Å². The largest absolute Gasteiger partial charge is 0.383 e. The quantitative estimate of drug-likeness (QED) is 0.443. The zero-order valence-electron chi connectivity index (χ0n) is 17.4. The van der Waals surface area contributed by atoms with Crippen LogP contribution in [-0.4, -0.2) is 41.1 Å². The van der Waals surface area contributed by atoms with Crippen LogP contribution in [0.2, 0.25) is 0 Å². The first kappa shape index (κ1) is 20.4. The lowest BCUT2D eigenvalue weighted by Crippen LogP contribution is -2.26. The second-order valence-electron chi connectivity index (χ2n) is 7.11. The minimum atomic E-state index is -0.134. The molecule has 7 heteroatoms. The van der Waals surface area contributed by atoms with Crippen LogP contribution in [0.5, 0.6) is 0 Å². The van der Waals surface area contributed by atoms with Crippen LogP contribution in [0.15, 0.2) is 67.1 Å². The van der Waals surface area contributed by atoms with Gasteiger partial charge in [-0.3, -0.25) is 9.78 Å². The van der Waals surface area contributed by atoms with Gasteiger partial charge in [-0.15, -0.1) is 0 Å². The third-order valence-corrected chi connectivity index (χ3v) is 4.92. The van der Waals surface area contributed by atoms with Gasteiger partial charge in [-0.1, -0.05) is 6.07 Å². The highest BCUT2D eigenvalue weighted by Gasteiger charge is 2.07. The number of pyridine rings is 1. The number of hydrogen-bond acceptors (Lipinski definition) is 6. The minimum absolute atomic E-state index is 0.134. The molecule has 4 aromatic rings. The molecule has 156 valence electrons. The van der Waals surface area contributed by atoms with Crippen molar-refractivity contribution in [1.29, 1.82) is 0 Å². The molecular weight excluding hydrogens is 390 g/mol. The monoisotopic (exact) mass is 413 g/mol. The van der Waals surface area contributed by atoms with Crippen LogP contribution in [0.4, 0.5) is 11.6 Å². The number of hydrogen-bond donors (Lipinski definition) is 2. The highest BCUT2D eigenvalue weighted by atomic mass is 16.5. The summed E-state index contributed by atoms with van der Waals surface area (Å²) < 4.78 is 4.94. The van der Waals surface area contributed by atoms with Gasteiger partial charge < -0.3 is 15.4 Å². The van der Waals surface area contributed by atoms with Crippen molar-refractivity contribution in [2.45, 2.75) is 6.92 Å². The van der Waals surface area contributed by atoms with Crippen molar-refractivity contribution in [2.24, 2.45) is 0 Å². The molecule has 0 saturated carbocycles. The Morgan fingerprint density at radius 1 is 1.06 bits per heavy atom. The summed E-state index contributed by atoms with van der Waals surface area (Å²) in [4.78, 5) is 25.3. The van der Waals surface area contributed by atoms with Gasteiger partial charge in [0, 0.05) is 54.4 Å². The molecule has 2 heterocycles. The van der Waals surface area contributed by atoms with E-state index in [9.17, 15) is 4.79 Å². The Bertz CT molecular complexity index is 1210. The Balaban J connectivity index is 1.48. The molecule has 4 rings (SSSR count). The van der Waals surface area contributed by atoms with E-state index in [-0.39, 0.29) is 5.91 Å². The summed E-state index contributed by atoms with van der Waals surface area (Å²) in [5.41, 5.74) is 5.58. The number of methoxy groups -OCH3 is 1. The first-order valence-electron chi connectivity index (χ1n) is 9.96. The summed E-state index contributed by atoms with van der Waals surface area (Å²) in [6, 6.07) is 15.3. The molecule has 0 bridgehead atoms. The number of benzene rings is 2. The van der Waals surface area contributed by atoms with E-state index in [0.717, 1.165) is 27.7 Å². The summed E-state index contributed by atoms with van der Waals surface area (Å²) in [5, 5.41) is 6.94. The summed E-state index contributed by atoms with van der Waals surface area (Å²) in [6.45, 7) is 3.02. The van der Waals surface area contributed by atoms with E-state index in [4.69, 9.17) is 4.74 Å². The lowest BCUT2D eigenvalue weighted by Gasteiger charge is -2.09.